The molecule has 0 saturated heterocycles. The largest absolute Gasteiger partial charge is 3.00 e. The van der Waals surface area contributed by atoms with Gasteiger partial charge in [-0.15, -0.1) is 0 Å². The summed E-state index contributed by atoms with van der Waals surface area (Å²) in [5, 5.41) is 0. The van der Waals surface area contributed by atoms with Crippen LogP contribution in [0.3, 0.4) is 0 Å². The fraction of sp³-hybridized carbons (Fsp3) is 0. The minimum Gasteiger partial charge on any atom is 1.00 e. The van der Waals surface area contributed by atoms with Crippen molar-refractivity contribution in [2.45, 2.75) is 0 Å². The molecule has 4 heavy (non-hydrogen) atoms. The molecule has 1 radical (unpaired) electrons. The van der Waals surface area contributed by atoms with E-state index in [9.17, 15) is 0 Å². The summed E-state index contributed by atoms with van der Waals surface area (Å²) in [5.74, 6) is 0. The van der Waals surface area contributed by atoms with Crippen LogP contribution in [0.1, 0.15) is 0 Å². The zero-order valence-corrected chi connectivity index (χ0v) is 11.2. The summed E-state index contributed by atoms with van der Waals surface area (Å²) in [5.41, 5.74) is 0. The molecule has 0 unspecified atom stereocenters. The number of hydrogen-bond acceptors (Lipinski definition) is 0. The van der Waals surface area contributed by atoms with Gasteiger partial charge in [-0.25, -0.2) is 0 Å². The summed E-state index contributed by atoms with van der Waals surface area (Å²) in [6, 6.07) is 0. The van der Waals surface area contributed by atoms with E-state index in [1.165, 1.54) is 0 Å². The Hall–Kier alpha value is 3.71. The quantitative estimate of drug-likeness (QED) is 0.525. The fourth-order valence-corrected chi connectivity index (χ4v) is 0. The van der Waals surface area contributed by atoms with Gasteiger partial charge in [0.2, 0.25) is 0 Å². The van der Waals surface area contributed by atoms with Crippen molar-refractivity contribution in [3.05, 3.63) is 0 Å². The third kappa shape index (κ3) is 9.21. The van der Waals surface area contributed by atoms with Crippen molar-refractivity contribution >= 4 is 45.5 Å². The number of rotatable bonds is 0. The molecule has 0 bridgehead atoms. The zero-order chi connectivity index (χ0) is 0. The van der Waals surface area contributed by atoms with Crippen LogP contribution in [0.15, 0.2) is 0 Å². The fourth-order valence-electron chi connectivity index (χ4n) is 0. The van der Waals surface area contributed by atoms with Crippen molar-refractivity contribution in [1.82, 2.24) is 0 Å². The second-order valence-corrected chi connectivity index (χ2v) is 0. The maximum Gasteiger partial charge on any atom is 3.00 e. The first-order chi connectivity index (χ1) is 0. The van der Waals surface area contributed by atoms with Gasteiger partial charge in [-0.1, -0.05) is 0 Å². The molecular weight excluding hydrogens is 345 g/mol. The molecule has 0 fully saturated rings. The SMILES string of the molecule is [Cu+].[La+3].[Mn+2].[Sr+2]. The Labute approximate surface area is 112 Å². The van der Waals surface area contributed by atoms with Gasteiger partial charge >= 0.3 is 115 Å². The Morgan fingerprint density at radius 1 is 1.00 bits per heavy atom. The van der Waals surface area contributed by atoms with Crippen molar-refractivity contribution in [1.29, 1.82) is 0 Å². The van der Waals surface area contributed by atoms with Gasteiger partial charge in [-0.05, 0) is 0 Å². The van der Waals surface area contributed by atoms with E-state index in [1.54, 1.807) is 0 Å². The standard InChI is InChI=1S/Cu.La.Mn.Sr/q+1;+3;2*+2. The summed E-state index contributed by atoms with van der Waals surface area (Å²) in [4.78, 5) is 0. The van der Waals surface area contributed by atoms with E-state index in [2.05, 4.69) is 0 Å². The monoisotopic (exact) mass is 345 g/mol. The van der Waals surface area contributed by atoms with E-state index in [4.69, 9.17) is 0 Å². The van der Waals surface area contributed by atoms with Gasteiger partial charge in [-0.2, -0.15) is 0 Å². The molecule has 0 spiro atoms. The van der Waals surface area contributed by atoms with Crippen molar-refractivity contribution in [2.75, 3.05) is 0 Å². The van der Waals surface area contributed by atoms with Crippen LogP contribution in [0.25, 0.3) is 0 Å². The topological polar surface area (TPSA) is 0 Å². The molecule has 0 aliphatic rings. The molecule has 0 nitrogen and oxygen atoms in total. The van der Waals surface area contributed by atoms with Crippen molar-refractivity contribution in [3.8, 4) is 0 Å². The van der Waals surface area contributed by atoms with Crippen LogP contribution in [0.5, 0.6) is 0 Å². The normalized spacial score (nSPS) is 0. The molecule has 0 atom stereocenters. The summed E-state index contributed by atoms with van der Waals surface area (Å²) < 4.78 is 0. The molecule has 0 saturated carbocycles. The molecule has 0 aliphatic carbocycles. The molecular formula is CuLaMnSr+8. The van der Waals surface area contributed by atoms with Gasteiger partial charge in [-0.3, -0.25) is 0 Å². The predicted molar refractivity (Wildman–Crippen MR) is 5.75 cm³/mol. The van der Waals surface area contributed by atoms with E-state index in [1.807, 2.05) is 0 Å². The molecule has 0 amide bonds. The van der Waals surface area contributed by atoms with Crippen LogP contribution in [0.4, 0.5) is 0 Å². The van der Waals surface area contributed by atoms with Crippen LogP contribution >= 0.6 is 0 Å². The predicted octanol–water partition coefficient (Wildman–Crippen LogP) is -0.386. The third-order valence-corrected chi connectivity index (χ3v) is 0. The molecule has 0 aromatic rings. The Morgan fingerprint density at radius 2 is 1.00 bits per heavy atom. The molecule has 0 heterocycles. The minimum atomic E-state index is 0. The third-order valence-electron chi connectivity index (χ3n) is 0. The van der Waals surface area contributed by atoms with Gasteiger partial charge in [0.05, 0.1) is 0 Å². The van der Waals surface area contributed by atoms with Gasteiger partial charge in [0, 0.05) is 0 Å². The Bertz CT molecular complexity index is 8.00. The molecule has 0 aromatic heterocycles. The second-order valence-electron chi connectivity index (χ2n) is 0. The molecule has 0 aliphatic heterocycles. The maximum atomic E-state index is 0. The van der Waals surface area contributed by atoms with E-state index >= 15 is 0 Å². The smallest absolute Gasteiger partial charge is 1.00 e. The summed E-state index contributed by atoms with van der Waals surface area (Å²) in [7, 11) is 0. The molecule has 4 heteroatoms. The average Bonchev–Trinajstić information content (AvgIpc) is 0. The first-order valence-electron chi connectivity index (χ1n) is 0. The van der Waals surface area contributed by atoms with Crippen molar-refractivity contribution in [3.63, 3.8) is 0 Å². The van der Waals surface area contributed by atoms with Crippen LogP contribution < -0.4 is 0 Å². The van der Waals surface area contributed by atoms with Gasteiger partial charge < -0.3 is 0 Å². The van der Waals surface area contributed by atoms with Gasteiger partial charge in [0.15, 0.2) is 0 Å². The minimum absolute atomic E-state index is 0. The Kier molecular flexibility index (Phi) is 100. The Balaban J connectivity index is 0. The van der Waals surface area contributed by atoms with Crippen molar-refractivity contribution < 1.29 is 69.7 Å². The molecule has 0 N–H and O–H groups in total. The summed E-state index contributed by atoms with van der Waals surface area (Å²) in [6.45, 7) is 0. The van der Waals surface area contributed by atoms with Crippen LogP contribution in [-0.4, -0.2) is 45.5 Å². The summed E-state index contributed by atoms with van der Waals surface area (Å²) >= 11 is 0. The van der Waals surface area contributed by atoms with Gasteiger partial charge in [0.25, 0.3) is 0 Å². The van der Waals surface area contributed by atoms with Gasteiger partial charge in [0.1, 0.15) is 0 Å². The molecule has 0 rings (SSSR count). The first-order valence-corrected chi connectivity index (χ1v) is 0. The van der Waals surface area contributed by atoms with Crippen LogP contribution in [-0.2, 0) is 34.1 Å². The maximum absolute atomic E-state index is 0. The van der Waals surface area contributed by atoms with E-state index in [0.717, 1.165) is 0 Å². The second kappa shape index (κ2) is 15.9. The molecule has 0 aromatic carbocycles. The first kappa shape index (κ1) is 25.2. The Morgan fingerprint density at radius 3 is 1.00 bits per heavy atom. The number of hydrogen-bond donors (Lipinski definition) is 0. The van der Waals surface area contributed by atoms with Crippen LogP contribution in [0.2, 0.25) is 0 Å². The summed E-state index contributed by atoms with van der Waals surface area (Å²) in [6.07, 6.45) is 0. The van der Waals surface area contributed by atoms with E-state index < -0.39 is 0 Å². The zero-order valence-electron chi connectivity index (χ0n) is 1.96. The average molecular weight is 345 g/mol. The van der Waals surface area contributed by atoms with Crippen molar-refractivity contribution in [2.24, 2.45) is 0 Å². The van der Waals surface area contributed by atoms with Crippen LogP contribution in [0, 0.1) is 35.6 Å². The van der Waals surface area contributed by atoms with E-state index in [0.29, 0.717) is 0 Å². The molecule has 15 valence electrons. The van der Waals surface area contributed by atoms with E-state index in [-0.39, 0.29) is 115 Å².